The number of aryl methyl sites for hydroxylation is 1. The van der Waals surface area contributed by atoms with Gasteiger partial charge in [-0.2, -0.15) is 0 Å². The van der Waals surface area contributed by atoms with E-state index >= 15 is 0 Å². The fraction of sp³-hybridized carbons (Fsp3) is 0.320. The molecule has 0 unspecified atom stereocenters. The highest BCUT2D eigenvalue weighted by molar-refractivity contribution is 7.98. The zero-order chi connectivity index (χ0) is 20.9. The molecule has 1 aromatic heterocycles. The molecule has 1 amide bonds. The van der Waals surface area contributed by atoms with Gasteiger partial charge in [-0.25, -0.2) is 0 Å². The Morgan fingerprint density at radius 1 is 1.07 bits per heavy atom. The van der Waals surface area contributed by atoms with Crippen LogP contribution in [0.25, 0.3) is 16.9 Å². The third kappa shape index (κ3) is 4.57. The van der Waals surface area contributed by atoms with Crippen LogP contribution in [0.4, 0.5) is 0 Å². The number of nitrogens with one attached hydrogen (secondary N) is 1. The van der Waals surface area contributed by atoms with Crippen LogP contribution in [0.3, 0.4) is 0 Å². The van der Waals surface area contributed by atoms with Crippen LogP contribution in [0.5, 0.6) is 5.75 Å². The van der Waals surface area contributed by atoms with Crippen LogP contribution in [0.1, 0.15) is 31.4 Å². The summed E-state index contributed by atoms with van der Waals surface area (Å²) in [5.74, 6) is 0.991. The lowest BCUT2D eigenvalue weighted by Crippen LogP contribution is -2.39. The Balaban J connectivity index is 1.62. The molecule has 0 spiro atoms. The topological polar surface area (TPSA) is 43.3 Å². The van der Waals surface area contributed by atoms with E-state index in [1.807, 2.05) is 12.1 Å². The van der Waals surface area contributed by atoms with E-state index in [4.69, 9.17) is 4.74 Å². The zero-order valence-electron chi connectivity index (χ0n) is 17.6. The van der Waals surface area contributed by atoms with E-state index in [2.05, 4.69) is 64.7 Å². The average Bonchev–Trinajstić information content (AvgIpc) is 3.19. The molecule has 0 radical (unpaired) electrons. The summed E-state index contributed by atoms with van der Waals surface area (Å²) < 4.78 is 7.57. The molecule has 3 aromatic rings. The molecule has 1 fully saturated rings. The molecule has 1 saturated carbocycles. The van der Waals surface area contributed by atoms with Crippen molar-refractivity contribution in [1.29, 1.82) is 0 Å². The number of thioether (sulfide) groups is 1. The third-order valence-corrected chi connectivity index (χ3v) is 6.50. The number of hydrogen-bond acceptors (Lipinski definition) is 3. The average molecular weight is 421 g/mol. The second kappa shape index (κ2) is 9.43. The molecule has 2 aromatic carbocycles. The van der Waals surface area contributed by atoms with Gasteiger partial charge in [-0.15, -0.1) is 11.8 Å². The van der Waals surface area contributed by atoms with E-state index in [1.165, 1.54) is 11.3 Å². The van der Waals surface area contributed by atoms with Gasteiger partial charge in [-0.1, -0.05) is 0 Å². The van der Waals surface area contributed by atoms with Crippen LogP contribution in [-0.4, -0.2) is 29.9 Å². The van der Waals surface area contributed by atoms with Gasteiger partial charge in [0.2, 0.25) is 5.91 Å². The molecule has 5 heteroatoms. The number of carbonyl (C=O) groups is 1. The van der Waals surface area contributed by atoms with Gasteiger partial charge in [0.25, 0.3) is 0 Å². The zero-order valence-corrected chi connectivity index (χ0v) is 18.4. The number of amides is 1. The molecular weight excluding hydrogens is 392 g/mol. The summed E-state index contributed by atoms with van der Waals surface area (Å²) in [5, 5.41) is 3.15. The van der Waals surface area contributed by atoms with Crippen molar-refractivity contribution in [2.45, 2.75) is 43.0 Å². The number of rotatable bonds is 8. The molecule has 4 rings (SSSR count). The van der Waals surface area contributed by atoms with E-state index in [9.17, 15) is 4.79 Å². The Bertz CT molecular complexity index is 989. The van der Waals surface area contributed by atoms with Crippen LogP contribution in [-0.2, 0) is 11.2 Å². The van der Waals surface area contributed by atoms with E-state index in [-0.39, 0.29) is 5.91 Å². The summed E-state index contributed by atoms with van der Waals surface area (Å²) in [6.45, 7) is 0. The van der Waals surface area contributed by atoms with Gasteiger partial charge in [0.1, 0.15) is 5.75 Å². The Morgan fingerprint density at radius 2 is 1.80 bits per heavy atom. The van der Waals surface area contributed by atoms with E-state index in [1.54, 1.807) is 18.9 Å². The molecule has 0 bridgehead atoms. The van der Waals surface area contributed by atoms with Crippen molar-refractivity contribution >= 4 is 17.7 Å². The maximum Gasteiger partial charge on any atom is 0.220 e. The molecule has 30 heavy (non-hydrogen) atoms. The maximum absolute atomic E-state index is 12.4. The summed E-state index contributed by atoms with van der Waals surface area (Å²) >= 11 is 1.73. The lowest BCUT2D eigenvalue weighted by atomic mass is 9.93. The Hall–Kier alpha value is -2.66. The monoisotopic (exact) mass is 420 g/mol. The highest BCUT2D eigenvalue weighted by Gasteiger charge is 2.20. The molecule has 1 heterocycles. The van der Waals surface area contributed by atoms with Crippen molar-refractivity contribution in [3.8, 4) is 22.7 Å². The van der Waals surface area contributed by atoms with Crippen molar-refractivity contribution in [2.24, 2.45) is 0 Å². The normalized spacial score (nSPS) is 13.7. The Labute approximate surface area is 182 Å². The van der Waals surface area contributed by atoms with Crippen LogP contribution in [0.2, 0.25) is 0 Å². The van der Waals surface area contributed by atoms with Gasteiger partial charge in [0.05, 0.1) is 12.8 Å². The largest absolute Gasteiger partial charge is 0.497 e. The number of aromatic nitrogens is 1. The number of ether oxygens (including phenoxy) is 1. The highest BCUT2D eigenvalue weighted by atomic mass is 32.2. The first kappa shape index (κ1) is 20.6. The standard InChI is InChI=1S/C25H28N2O2S/c1-29-22-12-6-18(7-13-22)24-16-10-21(11-17-25(28)26-19-4-3-5-19)27(24)20-8-14-23(30-2)15-9-20/h6-10,12-16,19H,3-5,11,17H2,1-2H3,(H,26,28). The van der Waals surface area contributed by atoms with Crippen molar-refractivity contribution in [1.82, 2.24) is 9.88 Å². The first-order valence-electron chi connectivity index (χ1n) is 10.5. The van der Waals surface area contributed by atoms with Gasteiger partial charge in [-0.05, 0) is 98.2 Å². The molecule has 156 valence electrons. The first-order chi connectivity index (χ1) is 14.7. The molecule has 0 saturated heterocycles. The second-order valence-corrected chi connectivity index (χ2v) is 8.55. The molecule has 4 nitrogen and oxygen atoms in total. The minimum Gasteiger partial charge on any atom is -0.497 e. The van der Waals surface area contributed by atoms with Crippen LogP contribution in [0.15, 0.2) is 65.6 Å². The van der Waals surface area contributed by atoms with E-state index in [0.29, 0.717) is 18.9 Å². The summed E-state index contributed by atoms with van der Waals surface area (Å²) in [5.41, 5.74) is 4.48. The summed E-state index contributed by atoms with van der Waals surface area (Å²) in [4.78, 5) is 13.6. The number of nitrogens with zero attached hydrogens (tertiary/aromatic N) is 1. The number of carbonyl (C=O) groups excluding carboxylic acids is 1. The fourth-order valence-corrected chi connectivity index (χ4v) is 4.20. The van der Waals surface area contributed by atoms with E-state index in [0.717, 1.165) is 41.2 Å². The number of benzene rings is 2. The van der Waals surface area contributed by atoms with Crippen molar-refractivity contribution in [3.63, 3.8) is 0 Å². The minimum absolute atomic E-state index is 0.149. The second-order valence-electron chi connectivity index (χ2n) is 7.67. The minimum atomic E-state index is 0.149. The van der Waals surface area contributed by atoms with Crippen LogP contribution in [0, 0.1) is 0 Å². The molecule has 0 atom stereocenters. The van der Waals surface area contributed by atoms with Gasteiger partial charge in [-0.3, -0.25) is 4.79 Å². The van der Waals surface area contributed by atoms with Crippen molar-refractivity contribution < 1.29 is 9.53 Å². The SMILES string of the molecule is COc1ccc(-c2ccc(CCC(=O)NC3CCC3)n2-c2ccc(SC)cc2)cc1. The van der Waals surface area contributed by atoms with Gasteiger partial charge < -0.3 is 14.6 Å². The number of methoxy groups -OCH3 is 1. The fourth-order valence-electron chi connectivity index (χ4n) is 3.79. The molecule has 1 aliphatic rings. The molecule has 1 N–H and O–H groups in total. The number of hydrogen-bond donors (Lipinski definition) is 1. The predicted octanol–water partition coefficient (Wildman–Crippen LogP) is 5.48. The molecule has 1 aliphatic carbocycles. The summed E-state index contributed by atoms with van der Waals surface area (Å²) in [6.07, 6.45) is 6.76. The lowest BCUT2D eigenvalue weighted by molar-refractivity contribution is -0.122. The summed E-state index contributed by atoms with van der Waals surface area (Å²) in [7, 11) is 1.68. The predicted molar refractivity (Wildman–Crippen MR) is 124 cm³/mol. The quantitative estimate of drug-likeness (QED) is 0.491. The molecule has 0 aliphatic heterocycles. The van der Waals surface area contributed by atoms with Crippen molar-refractivity contribution in [3.05, 3.63) is 66.4 Å². The lowest BCUT2D eigenvalue weighted by Gasteiger charge is -2.26. The van der Waals surface area contributed by atoms with Gasteiger partial charge >= 0.3 is 0 Å². The van der Waals surface area contributed by atoms with Gasteiger partial charge in [0.15, 0.2) is 0 Å². The Morgan fingerprint density at radius 3 is 2.40 bits per heavy atom. The van der Waals surface area contributed by atoms with Crippen molar-refractivity contribution in [2.75, 3.05) is 13.4 Å². The summed E-state index contributed by atoms with van der Waals surface area (Å²) in [6, 6.07) is 21.4. The van der Waals surface area contributed by atoms with E-state index < -0.39 is 0 Å². The Kier molecular flexibility index (Phi) is 6.48. The van der Waals surface area contributed by atoms with Crippen LogP contribution < -0.4 is 10.1 Å². The molecular formula is C25H28N2O2S. The highest BCUT2D eigenvalue weighted by Crippen LogP contribution is 2.30. The van der Waals surface area contributed by atoms with Gasteiger partial charge in [0, 0.05) is 28.7 Å². The maximum atomic E-state index is 12.4. The van der Waals surface area contributed by atoms with Crippen LogP contribution >= 0.6 is 11.8 Å². The first-order valence-corrected chi connectivity index (χ1v) is 11.7. The third-order valence-electron chi connectivity index (χ3n) is 5.76. The smallest absolute Gasteiger partial charge is 0.220 e.